The van der Waals surface area contributed by atoms with Crippen molar-refractivity contribution >= 4 is 30.3 Å². The molecular weight excluding hydrogens is 299 g/mol. The first-order chi connectivity index (χ1) is 9.05. The Morgan fingerprint density at radius 1 is 1.15 bits per heavy atom. The molecule has 0 aliphatic heterocycles. The summed E-state index contributed by atoms with van der Waals surface area (Å²) in [5.41, 5.74) is -0.924. The van der Waals surface area contributed by atoms with Crippen LogP contribution in [0.4, 0.5) is 0 Å². The fourth-order valence-electron chi connectivity index (χ4n) is 1.46. The van der Waals surface area contributed by atoms with Crippen molar-refractivity contribution < 1.29 is 23.2 Å². The monoisotopic (exact) mass is 324 g/mol. The van der Waals surface area contributed by atoms with E-state index in [9.17, 15) is 14.2 Å². The van der Waals surface area contributed by atoms with Gasteiger partial charge in [0.2, 0.25) is 0 Å². The standard InChI is InChI=1S/C13H25O5PS/c1-7-17-19(16,18-8-2)10(3)11(14)9-12(15)20-13(4,5)6/h10H,7-9H2,1-6H3. The summed E-state index contributed by atoms with van der Waals surface area (Å²) in [6.07, 6.45) is -0.257. The molecule has 0 amide bonds. The Morgan fingerprint density at radius 2 is 1.60 bits per heavy atom. The van der Waals surface area contributed by atoms with Gasteiger partial charge in [-0.25, -0.2) is 0 Å². The lowest BCUT2D eigenvalue weighted by Gasteiger charge is -2.22. The molecule has 0 aliphatic carbocycles. The second-order valence-corrected chi connectivity index (χ2v) is 9.54. The molecule has 0 spiro atoms. The molecule has 0 radical (unpaired) electrons. The third-order valence-corrected chi connectivity index (χ3v) is 5.75. The molecular formula is C13H25O5PS. The van der Waals surface area contributed by atoms with E-state index in [0.717, 1.165) is 11.8 Å². The zero-order valence-electron chi connectivity index (χ0n) is 13.1. The van der Waals surface area contributed by atoms with Crippen LogP contribution in [0.25, 0.3) is 0 Å². The molecule has 118 valence electrons. The van der Waals surface area contributed by atoms with Gasteiger partial charge in [-0.2, -0.15) is 0 Å². The van der Waals surface area contributed by atoms with Gasteiger partial charge in [-0.3, -0.25) is 14.2 Å². The highest BCUT2D eigenvalue weighted by Crippen LogP contribution is 2.53. The highest BCUT2D eigenvalue weighted by atomic mass is 32.2. The van der Waals surface area contributed by atoms with E-state index in [2.05, 4.69) is 0 Å². The van der Waals surface area contributed by atoms with E-state index in [1.807, 2.05) is 20.8 Å². The molecule has 1 unspecified atom stereocenters. The summed E-state index contributed by atoms with van der Waals surface area (Å²) < 4.78 is 22.5. The molecule has 0 rings (SSSR count). The first-order valence-corrected chi connectivity index (χ1v) is 9.12. The van der Waals surface area contributed by atoms with Gasteiger partial charge >= 0.3 is 7.60 Å². The van der Waals surface area contributed by atoms with E-state index < -0.39 is 19.0 Å². The maximum atomic E-state index is 12.4. The highest BCUT2D eigenvalue weighted by molar-refractivity contribution is 8.14. The smallest absolute Gasteiger partial charge is 0.308 e. The Kier molecular flexibility index (Phi) is 8.26. The summed E-state index contributed by atoms with van der Waals surface area (Å²) in [4.78, 5) is 23.9. The fourth-order valence-corrected chi connectivity index (χ4v) is 4.05. The quantitative estimate of drug-likeness (QED) is 0.501. The van der Waals surface area contributed by atoms with Crippen LogP contribution in [0.15, 0.2) is 0 Å². The molecule has 5 nitrogen and oxygen atoms in total. The Labute approximate surface area is 125 Å². The molecule has 0 aromatic rings. The molecule has 7 heteroatoms. The number of Topliss-reactive ketones (excluding diaryl/α,β-unsaturated/α-hetero) is 1. The maximum Gasteiger partial charge on any atom is 0.340 e. The van der Waals surface area contributed by atoms with Crippen LogP contribution in [-0.4, -0.2) is 34.5 Å². The lowest BCUT2D eigenvalue weighted by Crippen LogP contribution is -2.23. The molecule has 0 N–H and O–H groups in total. The molecule has 0 fully saturated rings. The SMILES string of the molecule is CCOP(=O)(OCC)C(C)C(=O)CC(=O)SC(C)(C)C. The van der Waals surface area contributed by atoms with Crippen molar-refractivity contribution in [2.75, 3.05) is 13.2 Å². The predicted octanol–water partition coefficient (Wildman–Crippen LogP) is 3.66. The van der Waals surface area contributed by atoms with Crippen molar-refractivity contribution in [3.05, 3.63) is 0 Å². The van der Waals surface area contributed by atoms with E-state index in [1.165, 1.54) is 6.92 Å². The van der Waals surface area contributed by atoms with E-state index >= 15 is 0 Å². The summed E-state index contributed by atoms with van der Waals surface area (Å²) >= 11 is 1.11. The normalized spacial score (nSPS) is 14.1. The molecule has 0 aliphatic rings. The molecule has 0 bridgehead atoms. The van der Waals surface area contributed by atoms with Gasteiger partial charge in [-0.1, -0.05) is 32.5 Å². The largest absolute Gasteiger partial charge is 0.340 e. The summed E-state index contributed by atoms with van der Waals surface area (Å²) in [6, 6.07) is 0. The van der Waals surface area contributed by atoms with Crippen molar-refractivity contribution in [1.82, 2.24) is 0 Å². The van der Waals surface area contributed by atoms with E-state index in [1.54, 1.807) is 13.8 Å². The zero-order chi connectivity index (χ0) is 16.0. The van der Waals surface area contributed by atoms with Crippen LogP contribution in [0.3, 0.4) is 0 Å². The summed E-state index contributed by atoms with van der Waals surface area (Å²) in [6.45, 7) is 10.9. The maximum absolute atomic E-state index is 12.4. The average molecular weight is 324 g/mol. The molecule has 0 aromatic heterocycles. The predicted molar refractivity (Wildman–Crippen MR) is 82.3 cm³/mol. The van der Waals surface area contributed by atoms with Crippen LogP contribution >= 0.6 is 19.4 Å². The second kappa shape index (κ2) is 8.32. The average Bonchev–Trinajstić information content (AvgIpc) is 2.25. The van der Waals surface area contributed by atoms with Crippen molar-refractivity contribution in [2.45, 2.75) is 58.4 Å². The minimum Gasteiger partial charge on any atom is -0.308 e. The van der Waals surface area contributed by atoms with E-state index in [4.69, 9.17) is 9.05 Å². The fraction of sp³-hybridized carbons (Fsp3) is 0.846. The van der Waals surface area contributed by atoms with Gasteiger partial charge in [0.25, 0.3) is 0 Å². The van der Waals surface area contributed by atoms with Gasteiger partial charge in [0.05, 0.1) is 19.6 Å². The van der Waals surface area contributed by atoms with Crippen LogP contribution < -0.4 is 0 Å². The first-order valence-electron chi connectivity index (χ1n) is 6.69. The summed E-state index contributed by atoms with van der Waals surface area (Å²) in [5.74, 6) is -0.406. The number of hydrogen-bond donors (Lipinski definition) is 0. The molecule has 0 aromatic carbocycles. The number of thioether (sulfide) groups is 1. The number of carbonyl (C=O) groups excluding carboxylic acids is 2. The summed E-state index contributed by atoms with van der Waals surface area (Å²) in [5, 5.41) is -0.228. The van der Waals surface area contributed by atoms with E-state index in [0.29, 0.717) is 0 Å². The number of rotatable bonds is 8. The molecule has 0 saturated carbocycles. The van der Waals surface area contributed by atoms with Crippen molar-refractivity contribution in [2.24, 2.45) is 0 Å². The third kappa shape index (κ3) is 7.02. The Morgan fingerprint density at radius 3 is 1.95 bits per heavy atom. The molecule has 1 atom stereocenters. The number of hydrogen-bond acceptors (Lipinski definition) is 6. The van der Waals surface area contributed by atoms with Crippen LogP contribution in [0, 0.1) is 0 Å². The van der Waals surface area contributed by atoms with Gasteiger partial charge in [0.15, 0.2) is 10.9 Å². The van der Waals surface area contributed by atoms with Crippen LogP contribution in [0.5, 0.6) is 0 Å². The minimum absolute atomic E-state index is 0.194. The lowest BCUT2D eigenvalue weighted by molar-refractivity contribution is -0.123. The van der Waals surface area contributed by atoms with Crippen molar-refractivity contribution in [1.29, 1.82) is 0 Å². The highest BCUT2D eigenvalue weighted by Gasteiger charge is 2.38. The third-order valence-electron chi connectivity index (χ3n) is 2.30. The van der Waals surface area contributed by atoms with Crippen LogP contribution in [0.2, 0.25) is 0 Å². The Hall–Kier alpha value is -0.160. The van der Waals surface area contributed by atoms with Crippen LogP contribution in [0.1, 0.15) is 48.0 Å². The van der Waals surface area contributed by atoms with Gasteiger partial charge in [0, 0.05) is 4.75 Å². The first kappa shape index (κ1) is 19.8. The van der Waals surface area contributed by atoms with Gasteiger partial charge in [-0.15, -0.1) is 0 Å². The van der Waals surface area contributed by atoms with Crippen molar-refractivity contribution in [3.63, 3.8) is 0 Å². The Bertz CT molecular complexity index is 379. The van der Waals surface area contributed by atoms with Gasteiger partial charge < -0.3 is 9.05 Å². The number of carbonyl (C=O) groups is 2. The van der Waals surface area contributed by atoms with Crippen LogP contribution in [-0.2, 0) is 23.2 Å². The second-order valence-electron chi connectivity index (χ2n) is 5.28. The lowest BCUT2D eigenvalue weighted by atomic mass is 10.2. The van der Waals surface area contributed by atoms with Gasteiger partial charge in [-0.05, 0) is 20.8 Å². The zero-order valence-corrected chi connectivity index (χ0v) is 14.8. The topological polar surface area (TPSA) is 69.7 Å². The minimum atomic E-state index is -3.48. The van der Waals surface area contributed by atoms with E-state index in [-0.39, 0.29) is 29.5 Å². The Balaban J connectivity index is 4.75. The molecule has 0 heterocycles. The molecule has 0 saturated heterocycles. The van der Waals surface area contributed by atoms with Gasteiger partial charge in [0.1, 0.15) is 5.66 Å². The van der Waals surface area contributed by atoms with Crippen molar-refractivity contribution in [3.8, 4) is 0 Å². The number of ketones is 1. The summed E-state index contributed by atoms with van der Waals surface area (Å²) in [7, 11) is -3.48. The molecule has 20 heavy (non-hydrogen) atoms.